The average molecular weight is 315 g/mol. The van der Waals surface area contributed by atoms with E-state index in [1.165, 1.54) is 12.8 Å². The third kappa shape index (κ3) is 3.91. The number of aryl methyl sites for hydroxylation is 1. The smallest absolute Gasteiger partial charge is 0.234 e. The molecule has 1 unspecified atom stereocenters. The molecule has 124 valence electrons. The van der Waals surface area contributed by atoms with E-state index in [4.69, 9.17) is 0 Å². The van der Waals surface area contributed by atoms with Crippen LogP contribution in [0.5, 0.6) is 0 Å². The van der Waals surface area contributed by atoms with Gasteiger partial charge in [0.15, 0.2) is 0 Å². The van der Waals surface area contributed by atoms with Gasteiger partial charge < -0.3 is 10.6 Å². The Morgan fingerprint density at radius 1 is 1.17 bits per heavy atom. The van der Waals surface area contributed by atoms with Crippen LogP contribution < -0.4 is 16.0 Å². The van der Waals surface area contributed by atoms with Crippen LogP contribution in [-0.4, -0.2) is 31.4 Å². The maximum absolute atomic E-state index is 12.0. The first-order valence-electron chi connectivity index (χ1n) is 8.52. The first-order chi connectivity index (χ1) is 11.1. The second-order valence-corrected chi connectivity index (χ2v) is 6.65. The van der Waals surface area contributed by atoms with E-state index in [-0.39, 0.29) is 17.7 Å². The summed E-state index contributed by atoms with van der Waals surface area (Å²) in [5, 5.41) is 9.34. The van der Waals surface area contributed by atoms with Gasteiger partial charge in [0.1, 0.15) is 0 Å². The lowest BCUT2D eigenvalue weighted by Gasteiger charge is -2.24. The Balaban J connectivity index is 1.63. The zero-order valence-corrected chi connectivity index (χ0v) is 13.7. The Labute approximate surface area is 137 Å². The molecule has 2 heterocycles. The number of benzene rings is 1. The van der Waals surface area contributed by atoms with Crippen molar-refractivity contribution < 1.29 is 9.59 Å². The van der Waals surface area contributed by atoms with Gasteiger partial charge in [0, 0.05) is 18.7 Å². The normalized spacial score (nSPS) is 22.7. The molecule has 5 heteroatoms. The van der Waals surface area contributed by atoms with Crippen LogP contribution in [0.25, 0.3) is 0 Å². The Bertz CT molecular complexity index is 594. The molecule has 0 aliphatic carbocycles. The highest BCUT2D eigenvalue weighted by atomic mass is 16.2. The highest BCUT2D eigenvalue weighted by Crippen LogP contribution is 2.29. The molecule has 1 aromatic rings. The van der Waals surface area contributed by atoms with E-state index in [0.29, 0.717) is 12.8 Å². The Kier molecular flexibility index (Phi) is 4.96. The van der Waals surface area contributed by atoms with Crippen molar-refractivity contribution in [3.8, 4) is 0 Å². The SMILES string of the molecule is Cc1cc(NCC2CCNCC2)ccc1C1CCC(=O)NC1=O. The van der Waals surface area contributed by atoms with Crippen LogP contribution in [0.15, 0.2) is 18.2 Å². The molecule has 5 nitrogen and oxygen atoms in total. The van der Waals surface area contributed by atoms with E-state index >= 15 is 0 Å². The number of carbonyl (C=O) groups excluding carboxylic acids is 2. The van der Waals surface area contributed by atoms with Gasteiger partial charge in [-0.3, -0.25) is 14.9 Å². The molecule has 2 saturated heterocycles. The van der Waals surface area contributed by atoms with Gasteiger partial charge in [0.25, 0.3) is 0 Å². The van der Waals surface area contributed by atoms with Crippen molar-refractivity contribution >= 4 is 17.5 Å². The van der Waals surface area contributed by atoms with Gasteiger partial charge in [-0.05, 0) is 68.5 Å². The number of nitrogens with one attached hydrogen (secondary N) is 3. The Morgan fingerprint density at radius 2 is 1.96 bits per heavy atom. The van der Waals surface area contributed by atoms with Crippen molar-refractivity contribution in [1.29, 1.82) is 0 Å². The molecule has 2 aliphatic rings. The molecule has 0 bridgehead atoms. The second-order valence-electron chi connectivity index (χ2n) is 6.65. The van der Waals surface area contributed by atoms with Crippen LogP contribution in [0, 0.1) is 12.8 Å². The largest absolute Gasteiger partial charge is 0.385 e. The first-order valence-corrected chi connectivity index (χ1v) is 8.52. The first kappa shape index (κ1) is 16.0. The zero-order chi connectivity index (χ0) is 16.2. The summed E-state index contributed by atoms with van der Waals surface area (Å²) in [7, 11) is 0. The standard InChI is InChI=1S/C18H25N3O2/c1-12-10-14(20-11-13-6-8-19-9-7-13)2-3-15(12)16-4-5-17(22)21-18(16)23/h2-3,10,13,16,19-20H,4-9,11H2,1H3,(H,21,22,23). The second kappa shape index (κ2) is 7.13. The van der Waals surface area contributed by atoms with Crippen LogP contribution >= 0.6 is 0 Å². The van der Waals surface area contributed by atoms with E-state index in [1.54, 1.807) is 0 Å². The summed E-state index contributed by atoms with van der Waals surface area (Å²) in [4.78, 5) is 23.3. The lowest BCUT2D eigenvalue weighted by atomic mass is 9.87. The molecule has 23 heavy (non-hydrogen) atoms. The summed E-state index contributed by atoms with van der Waals surface area (Å²) < 4.78 is 0. The van der Waals surface area contributed by atoms with Gasteiger partial charge >= 0.3 is 0 Å². The van der Waals surface area contributed by atoms with Crippen LogP contribution in [0.2, 0.25) is 0 Å². The quantitative estimate of drug-likeness (QED) is 0.743. The predicted octanol–water partition coefficient (Wildman–Crippen LogP) is 1.93. The summed E-state index contributed by atoms with van der Waals surface area (Å²) in [6.07, 6.45) is 3.47. The Morgan fingerprint density at radius 3 is 2.65 bits per heavy atom. The fourth-order valence-electron chi connectivity index (χ4n) is 3.51. The molecular weight excluding hydrogens is 290 g/mol. The van der Waals surface area contributed by atoms with Crippen molar-refractivity contribution in [2.24, 2.45) is 5.92 Å². The van der Waals surface area contributed by atoms with E-state index in [9.17, 15) is 9.59 Å². The number of imide groups is 1. The van der Waals surface area contributed by atoms with E-state index in [0.717, 1.165) is 42.4 Å². The molecule has 3 N–H and O–H groups in total. The van der Waals surface area contributed by atoms with E-state index < -0.39 is 0 Å². The van der Waals surface area contributed by atoms with Crippen molar-refractivity contribution in [2.75, 3.05) is 25.0 Å². The van der Waals surface area contributed by atoms with Gasteiger partial charge in [-0.2, -0.15) is 0 Å². The minimum atomic E-state index is -0.203. The number of amides is 2. The van der Waals surface area contributed by atoms with Crippen molar-refractivity contribution in [1.82, 2.24) is 10.6 Å². The summed E-state index contributed by atoms with van der Waals surface area (Å²) in [5.74, 6) is 0.196. The predicted molar refractivity (Wildman–Crippen MR) is 90.4 cm³/mol. The van der Waals surface area contributed by atoms with Crippen LogP contribution in [0.3, 0.4) is 0 Å². The minimum Gasteiger partial charge on any atom is -0.385 e. The molecular formula is C18H25N3O2. The van der Waals surface area contributed by atoms with Gasteiger partial charge in [-0.1, -0.05) is 6.07 Å². The molecule has 3 rings (SSSR count). The summed E-state index contributed by atoms with van der Waals surface area (Å²) in [6.45, 7) is 5.26. The van der Waals surface area contributed by atoms with Gasteiger partial charge in [0.2, 0.25) is 11.8 Å². The maximum atomic E-state index is 12.0. The topological polar surface area (TPSA) is 70.2 Å². The number of anilines is 1. The highest BCUT2D eigenvalue weighted by Gasteiger charge is 2.28. The zero-order valence-electron chi connectivity index (χ0n) is 13.7. The molecule has 0 radical (unpaired) electrons. The van der Waals surface area contributed by atoms with Crippen LogP contribution in [0.4, 0.5) is 5.69 Å². The van der Waals surface area contributed by atoms with Crippen molar-refractivity contribution in [3.05, 3.63) is 29.3 Å². The molecule has 0 aromatic heterocycles. The van der Waals surface area contributed by atoms with E-state index in [2.05, 4.69) is 22.0 Å². The summed E-state index contributed by atoms with van der Waals surface area (Å²) in [5.41, 5.74) is 3.24. The van der Waals surface area contributed by atoms with Gasteiger partial charge in [-0.25, -0.2) is 0 Å². The van der Waals surface area contributed by atoms with Crippen LogP contribution in [-0.2, 0) is 9.59 Å². The Hall–Kier alpha value is -1.88. The summed E-state index contributed by atoms with van der Waals surface area (Å²) >= 11 is 0. The lowest BCUT2D eigenvalue weighted by Crippen LogP contribution is -2.39. The van der Waals surface area contributed by atoms with Gasteiger partial charge in [-0.15, -0.1) is 0 Å². The molecule has 0 saturated carbocycles. The highest BCUT2D eigenvalue weighted by molar-refractivity contribution is 6.01. The van der Waals surface area contributed by atoms with Crippen molar-refractivity contribution in [2.45, 2.75) is 38.5 Å². The van der Waals surface area contributed by atoms with Crippen LogP contribution in [0.1, 0.15) is 42.7 Å². The maximum Gasteiger partial charge on any atom is 0.234 e. The van der Waals surface area contributed by atoms with Gasteiger partial charge in [0.05, 0.1) is 5.92 Å². The molecule has 0 spiro atoms. The number of hydrogen-bond acceptors (Lipinski definition) is 4. The summed E-state index contributed by atoms with van der Waals surface area (Å²) in [6, 6.07) is 6.19. The third-order valence-corrected chi connectivity index (χ3v) is 4.94. The molecule has 2 amide bonds. The number of carbonyl (C=O) groups is 2. The molecule has 1 atom stereocenters. The number of rotatable bonds is 4. The number of piperidine rings is 2. The molecule has 1 aromatic carbocycles. The molecule has 2 aliphatic heterocycles. The monoisotopic (exact) mass is 315 g/mol. The van der Waals surface area contributed by atoms with E-state index in [1.807, 2.05) is 19.1 Å². The fraction of sp³-hybridized carbons (Fsp3) is 0.556. The van der Waals surface area contributed by atoms with Crippen molar-refractivity contribution in [3.63, 3.8) is 0 Å². The third-order valence-electron chi connectivity index (χ3n) is 4.94. The lowest BCUT2D eigenvalue weighted by molar-refractivity contribution is -0.134. The number of hydrogen-bond donors (Lipinski definition) is 3. The molecule has 2 fully saturated rings. The minimum absolute atomic E-state index is 0.163. The average Bonchev–Trinajstić information content (AvgIpc) is 2.55. The fourth-order valence-corrected chi connectivity index (χ4v) is 3.51.